The highest BCUT2D eigenvalue weighted by Crippen LogP contribution is 2.34. The first-order chi connectivity index (χ1) is 9.75. The molecule has 3 nitrogen and oxygen atoms in total. The topological polar surface area (TPSA) is 44.5 Å². The molecule has 0 saturated carbocycles. The summed E-state index contributed by atoms with van der Waals surface area (Å²) in [5.41, 5.74) is 8.24. The largest absolute Gasteiger partial charge is 0.493 e. The van der Waals surface area contributed by atoms with E-state index in [9.17, 15) is 0 Å². The van der Waals surface area contributed by atoms with Crippen molar-refractivity contribution in [3.8, 4) is 11.5 Å². The predicted molar refractivity (Wildman–Crippen MR) is 79.2 cm³/mol. The molecule has 2 atom stereocenters. The van der Waals surface area contributed by atoms with E-state index >= 15 is 0 Å². The molecule has 3 rings (SSSR count). The van der Waals surface area contributed by atoms with Gasteiger partial charge >= 0.3 is 0 Å². The van der Waals surface area contributed by atoms with Crippen molar-refractivity contribution in [2.24, 2.45) is 5.73 Å². The Labute approximate surface area is 119 Å². The smallest absolute Gasteiger partial charge is 0.124 e. The molecule has 2 aromatic carbocycles. The van der Waals surface area contributed by atoms with E-state index < -0.39 is 0 Å². The molecule has 1 aliphatic heterocycles. The molecule has 0 aromatic heterocycles. The molecular formula is C17H19NO2. The molecule has 1 unspecified atom stereocenters. The van der Waals surface area contributed by atoms with Gasteiger partial charge in [0.2, 0.25) is 0 Å². The Kier molecular flexibility index (Phi) is 3.61. The number of fused-ring (bicyclic) bond motifs is 1. The molecule has 20 heavy (non-hydrogen) atoms. The van der Waals surface area contributed by atoms with E-state index in [1.165, 1.54) is 5.56 Å². The molecule has 0 amide bonds. The summed E-state index contributed by atoms with van der Waals surface area (Å²) < 4.78 is 11.7. The van der Waals surface area contributed by atoms with Crippen LogP contribution in [0.3, 0.4) is 0 Å². The summed E-state index contributed by atoms with van der Waals surface area (Å²) in [7, 11) is 0. The maximum atomic E-state index is 5.98. The Hall–Kier alpha value is -2.00. The van der Waals surface area contributed by atoms with Crippen LogP contribution in [0.2, 0.25) is 0 Å². The van der Waals surface area contributed by atoms with Crippen molar-refractivity contribution in [2.75, 3.05) is 13.2 Å². The summed E-state index contributed by atoms with van der Waals surface area (Å²) in [6, 6.07) is 16.1. The van der Waals surface area contributed by atoms with Crippen molar-refractivity contribution < 1.29 is 9.47 Å². The number of rotatable bonds is 4. The normalized spacial score (nSPS) is 18.2. The zero-order valence-corrected chi connectivity index (χ0v) is 11.6. The van der Waals surface area contributed by atoms with Crippen LogP contribution in [0, 0.1) is 0 Å². The standard InChI is InChI=1S/C17H19NO2/c1-12(18)14-6-2-4-8-16(14)19-10-13-11-20-17-9-5-3-7-15(13)17/h2-9,12-13H,10-11,18H2,1H3/t12-,13?/m0/s1. The predicted octanol–water partition coefficient (Wildman–Crippen LogP) is 3.26. The van der Waals surface area contributed by atoms with Crippen molar-refractivity contribution >= 4 is 0 Å². The van der Waals surface area contributed by atoms with Crippen LogP contribution in [0.25, 0.3) is 0 Å². The average Bonchev–Trinajstić information content (AvgIpc) is 2.88. The summed E-state index contributed by atoms with van der Waals surface area (Å²) in [6.07, 6.45) is 0. The van der Waals surface area contributed by atoms with E-state index in [2.05, 4.69) is 6.07 Å². The summed E-state index contributed by atoms with van der Waals surface area (Å²) in [4.78, 5) is 0. The molecule has 1 aliphatic rings. The Morgan fingerprint density at radius 2 is 1.95 bits per heavy atom. The first-order valence-electron chi connectivity index (χ1n) is 6.94. The second kappa shape index (κ2) is 5.55. The minimum absolute atomic E-state index is 0.0293. The van der Waals surface area contributed by atoms with Gasteiger partial charge in [-0.1, -0.05) is 36.4 Å². The van der Waals surface area contributed by atoms with Crippen LogP contribution in [-0.2, 0) is 0 Å². The van der Waals surface area contributed by atoms with Gasteiger partial charge in [0.25, 0.3) is 0 Å². The lowest BCUT2D eigenvalue weighted by Crippen LogP contribution is -2.14. The van der Waals surface area contributed by atoms with Gasteiger partial charge in [-0.15, -0.1) is 0 Å². The Balaban J connectivity index is 1.72. The molecule has 2 aromatic rings. The van der Waals surface area contributed by atoms with E-state index in [0.717, 1.165) is 17.1 Å². The van der Waals surface area contributed by atoms with Gasteiger partial charge in [0.05, 0.1) is 19.1 Å². The number of nitrogens with two attached hydrogens (primary N) is 1. The van der Waals surface area contributed by atoms with Gasteiger partial charge in [-0.2, -0.15) is 0 Å². The zero-order chi connectivity index (χ0) is 13.9. The van der Waals surface area contributed by atoms with E-state index in [1.807, 2.05) is 49.4 Å². The summed E-state index contributed by atoms with van der Waals surface area (Å²) in [5.74, 6) is 2.13. The van der Waals surface area contributed by atoms with Gasteiger partial charge < -0.3 is 15.2 Å². The van der Waals surface area contributed by atoms with Crippen LogP contribution in [0.1, 0.15) is 30.0 Å². The third-order valence-electron chi connectivity index (χ3n) is 3.65. The molecule has 0 radical (unpaired) electrons. The van der Waals surface area contributed by atoms with Gasteiger partial charge in [0.15, 0.2) is 0 Å². The Morgan fingerprint density at radius 1 is 1.20 bits per heavy atom. The van der Waals surface area contributed by atoms with Gasteiger partial charge in [-0.05, 0) is 19.1 Å². The van der Waals surface area contributed by atoms with E-state index in [4.69, 9.17) is 15.2 Å². The van der Waals surface area contributed by atoms with Crippen molar-refractivity contribution in [3.05, 3.63) is 59.7 Å². The maximum absolute atomic E-state index is 5.98. The van der Waals surface area contributed by atoms with Crippen LogP contribution < -0.4 is 15.2 Å². The molecule has 0 saturated heterocycles. The zero-order valence-electron chi connectivity index (χ0n) is 11.6. The SMILES string of the molecule is C[C@H](N)c1ccccc1OCC1COc2ccccc21. The molecule has 0 spiro atoms. The molecule has 1 heterocycles. The van der Waals surface area contributed by atoms with Crippen LogP contribution in [0.5, 0.6) is 11.5 Å². The van der Waals surface area contributed by atoms with Crippen LogP contribution in [0.4, 0.5) is 0 Å². The van der Waals surface area contributed by atoms with Gasteiger partial charge in [0, 0.05) is 17.2 Å². The highest BCUT2D eigenvalue weighted by atomic mass is 16.5. The number of hydrogen-bond acceptors (Lipinski definition) is 3. The summed E-state index contributed by atoms with van der Waals surface area (Å²) in [5, 5.41) is 0. The van der Waals surface area contributed by atoms with Crippen LogP contribution in [0.15, 0.2) is 48.5 Å². The minimum Gasteiger partial charge on any atom is -0.493 e. The molecule has 2 N–H and O–H groups in total. The number of ether oxygens (including phenoxy) is 2. The third kappa shape index (κ3) is 2.49. The molecule has 0 aliphatic carbocycles. The van der Waals surface area contributed by atoms with Crippen LogP contribution >= 0.6 is 0 Å². The number of para-hydroxylation sites is 2. The van der Waals surface area contributed by atoms with Crippen molar-refractivity contribution in [1.82, 2.24) is 0 Å². The second-order valence-corrected chi connectivity index (χ2v) is 5.18. The third-order valence-corrected chi connectivity index (χ3v) is 3.65. The van der Waals surface area contributed by atoms with Crippen molar-refractivity contribution in [3.63, 3.8) is 0 Å². The highest BCUT2D eigenvalue weighted by Gasteiger charge is 2.24. The molecule has 104 valence electrons. The fraction of sp³-hybridized carbons (Fsp3) is 0.294. The lowest BCUT2D eigenvalue weighted by molar-refractivity contribution is 0.246. The Bertz CT molecular complexity index is 595. The fourth-order valence-corrected chi connectivity index (χ4v) is 2.55. The number of benzene rings is 2. The fourth-order valence-electron chi connectivity index (χ4n) is 2.55. The molecule has 0 fully saturated rings. The van der Waals surface area contributed by atoms with Crippen molar-refractivity contribution in [2.45, 2.75) is 18.9 Å². The lowest BCUT2D eigenvalue weighted by atomic mass is 10.0. The summed E-state index contributed by atoms with van der Waals surface area (Å²) >= 11 is 0. The minimum atomic E-state index is -0.0293. The molecular weight excluding hydrogens is 250 g/mol. The number of hydrogen-bond donors (Lipinski definition) is 1. The van der Waals surface area contributed by atoms with E-state index in [-0.39, 0.29) is 12.0 Å². The van der Waals surface area contributed by atoms with Gasteiger partial charge in [0.1, 0.15) is 11.5 Å². The molecule has 3 heteroatoms. The van der Waals surface area contributed by atoms with Gasteiger partial charge in [-0.3, -0.25) is 0 Å². The first kappa shape index (κ1) is 13.0. The summed E-state index contributed by atoms with van der Waals surface area (Å²) in [6.45, 7) is 3.26. The highest BCUT2D eigenvalue weighted by molar-refractivity contribution is 5.40. The monoisotopic (exact) mass is 269 g/mol. The quantitative estimate of drug-likeness (QED) is 0.926. The second-order valence-electron chi connectivity index (χ2n) is 5.18. The van der Waals surface area contributed by atoms with E-state index in [0.29, 0.717) is 13.2 Å². The lowest BCUT2D eigenvalue weighted by Gasteiger charge is -2.16. The first-order valence-corrected chi connectivity index (χ1v) is 6.94. The van der Waals surface area contributed by atoms with Gasteiger partial charge in [-0.25, -0.2) is 0 Å². The Morgan fingerprint density at radius 3 is 2.80 bits per heavy atom. The average molecular weight is 269 g/mol. The molecule has 0 bridgehead atoms. The van der Waals surface area contributed by atoms with Crippen molar-refractivity contribution in [1.29, 1.82) is 0 Å². The van der Waals surface area contributed by atoms with Crippen LogP contribution in [-0.4, -0.2) is 13.2 Å². The van der Waals surface area contributed by atoms with E-state index in [1.54, 1.807) is 0 Å². The maximum Gasteiger partial charge on any atom is 0.124 e.